The van der Waals surface area contributed by atoms with Gasteiger partial charge in [0.15, 0.2) is 17.5 Å². The van der Waals surface area contributed by atoms with Crippen molar-refractivity contribution in [3.8, 4) is 67.5 Å². The molecule has 0 N–H and O–H groups in total. The van der Waals surface area contributed by atoms with E-state index < -0.39 is 0 Å². The summed E-state index contributed by atoms with van der Waals surface area (Å²) >= 11 is 3.70. The summed E-state index contributed by atoms with van der Waals surface area (Å²) in [5.74, 6) is 1.96. The molecule has 0 aliphatic carbocycles. The quantitative estimate of drug-likeness (QED) is 0.170. The molecule has 0 saturated heterocycles. The van der Waals surface area contributed by atoms with Crippen LogP contribution in [0.5, 0.6) is 0 Å². The van der Waals surface area contributed by atoms with Crippen molar-refractivity contribution in [2.45, 2.75) is 0 Å². The molecule has 0 bridgehead atoms. The minimum absolute atomic E-state index is 0.648. The van der Waals surface area contributed by atoms with Gasteiger partial charge in [-0.25, -0.2) is 15.0 Å². The Balaban J connectivity index is 1.12. The van der Waals surface area contributed by atoms with Crippen LogP contribution < -0.4 is 0 Å². The molecule has 0 amide bonds. The SMILES string of the molecule is c1ccc(-c2cccc(-c3nc(-c4ccccc4)nc(-c4cccc5c4sc4c(-c6cc(-c7ccccc7)c7sc8ccccc8c7c6)cccc45)n3)c2)cc1. The Labute approximate surface area is 331 Å². The highest BCUT2D eigenvalue weighted by Crippen LogP contribution is 2.47. The Morgan fingerprint density at radius 1 is 0.268 bits per heavy atom. The molecule has 0 aliphatic rings. The van der Waals surface area contributed by atoms with Gasteiger partial charge in [-0.2, -0.15) is 0 Å². The maximum Gasteiger partial charge on any atom is 0.165 e. The van der Waals surface area contributed by atoms with E-state index in [1.54, 1.807) is 0 Å². The van der Waals surface area contributed by atoms with Crippen molar-refractivity contribution in [2.24, 2.45) is 0 Å². The van der Waals surface area contributed by atoms with Gasteiger partial charge in [0, 0.05) is 62.6 Å². The third-order valence-electron chi connectivity index (χ3n) is 10.5. The molecule has 0 aliphatic heterocycles. The van der Waals surface area contributed by atoms with Gasteiger partial charge in [-0.1, -0.05) is 158 Å². The Morgan fingerprint density at radius 3 is 1.54 bits per heavy atom. The summed E-state index contributed by atoms with van der Waals surface area (Å²) in [4.78, 5) is 15.5. The molecule has 0 saturated carbocycles. The van der Waals surface area contributed by atoms with Gasteiger partial charge in [-0.15, -0.1) is 22.7 Å². The average Bonchev–Trinajstić information content (AvgIpc) is 3.86. The lowest BCUT2D eigenvalue weighted by Crippen LogP contribution is -2.00. The maximum atomic E-state index is 5.22. The van der Waals surface area contributed by atoms with Gasteiger partial charge in [0.25, 0.3) is 0 Å². The molecule has 0 atom stereocenters. The Kier molecular flexibility index (Phi) is 7.87. The van der Waals surface area contributed by atoms with Crippen molar-refractivity contribution in [1.82, 2.24) is 15.0 Å². The van der Waals surface area contributed by atoms with Crippen LogP contribution in [0.4, 0.5) is 0 Å². The smallest absolute Gasteiger partial charge is 0.165 e. The highest BCUT2D eigenvalue weighted by atomic mass is 32.1. The first-order valence-electron chi connectivity index (χ1n) is 18.7. The lowest BCUT2D eigenvalue weighted by Gasteiger charge is -2.10. The third kappa shape index (κ3) is 5.60. The van der Waals surface area contributed by atoms with Crippen LogP contribution in [-0.2, 0) is 0 Å². The highest BCUT2D eigenvalue weighted by molar-refractivity contribution is 7.27. The fourth-order valence-electron chi connectivity index (χ4n) is 7.85. The lowest BCUT2D eigenvalue weighted by atomic mass is 9.95. The molecule has 0 radical (unpaired) electrons. The number of thiophene rings is 2. The molecular formula is C51H31N3S2. The molecule has 0 unspecified atom stereocenters. The van der Waals surface area contributed by atoms with Crippen LogP contribution in [0, 0.1) is 0 Å². The molecule has 3 nitrogen and oxygen atoms in total. The predicted molar refractivity (Wildman–Crippen MR) is 238 cm³/mol. The van der Waals surface area contributed by atoms with Crippen molar-refractivity contribution in [3.63, 3.8) is 0 Å². The zero-order valence-electron chi connectivity index (χ0n) is 30.1. The summed E-state index contributed by atoms with van der Waals surface area (Å²) in [6, 6.07) is 66.7. The van der Waals surface area contributed by atoms with E-state index in [1.165, 1.54) is 57.9 Å². The Bertz CT molecular complexity index is 3240. The molecule has 3 aromatic heterocycles. The van der Waals surface area contributed by atoms with Gasteiger partial charge in [-0.3, -0.25) is 0 Å². The van der Waals surface area contributed by atoms with Crippen molar-refractivity contribution in [3.05, 3.63) is 188 Å². The Hall–Kier alpha value is -6.79. The first kappa shape index (κ1) is 32.6. The van der Waals surface area contributed by atoms with Gasteiger partial charge >= 0.3 is 0 Å². The number of benzene rings is 8. The van der Waals surface area contributed by atoms with E-state index in [4.69, 9.17) is 15.0 Å². The van der Waals surface area contributed by atoms with Crippen LogP contribution in [0.25, 0.3) is 108 Å². The standard InChI is InChI=1S/C51H31N3S2/c1-4-15-32(16-5-1)35-21-12-22-36(29-35)50-52-49(34-19-8-3-9-20-34)53-51(54-50)42-27-14-26-41-40-25-13-24-38(46(40)56-47(41)42)37-30-43(33-17-6-2-7-18-33)48-44(31-37)39-23-10-11-28-45(39)55-48/h1-31H. The molecule has 5 heteroatoms. The monoisotopic (exact) mass is 749 g/mol. The largest absolute Gasteiger partial charge is 0.208 e. The van der Waals surface area contributed by atoms with Gasteiger partial charge in [0.05, 0.1) is 0 Å². The molecule has 3 heterocycles. The number of aromatic nitrogens is 3. The van der Waals surface area contributed by atoms with E-state index in [0.717, 1.165) is 32.5 Å². The fourth-order valence-corrected chi connectivity index (χ4v) is 10.4. The number of hydrogen-bond donors (Lipinski definition) is 0. The molecule has 56 heavy (non-hydrogen) atoms. The van der Waals surface area contributed by atoms with Crippen molar-refractivity contribution >= 4 is 63.0 Å². The normalized spacial score (nSPS) is 11.6. The van der Waals surface area contributed by atoms with E-state index in [0.29, 0.717) is 17.5 Å². The molecule has 0 fully saturated rings. The van der Waals surface area contributed by atoms with E-state index in [9.17, 15) is 0 Å². The third-order valence-corrected chi connectivity index (χ3v) is 13.0. The average molecular weight is 750 g/mol. The topological polar surface area (TPSA) is 38.7 Å². The summed E-state index contributed by atoms with van der Waals surface area (Å²) in [7, 11) is 0. The maximum absolute atomic E-state index is 5.22. The first-order chi connectivity index (χ1) is 27.7. The second-order valence-electron chi connectivity index (χ2n) is 14.0. The van der Waals surface area contributed by atoms with Crippen LogP contribution in [0.3, 0.4) is 0 Å². The predicted octanol–water partition coefficient (Wildman–Crippen LogP) is 14.6. The second kappa shape index (κ2) is 13.5. The number of nitrogens with zero attached hydrogens (tertiary/aromatic N) is 3. The Morgan fingerprint density at radius 2 is 0.786 bits per heavy atom. The van der Waals surface area contributed by atoms with Crippen LogP contribution in [0.15, 0.2) is 188 Å². The van der Waals surface area contributed by atoms with E-state index in [2.05, 4.69) is 164 Å². The van der Waals surface area contributed by atoms with E-state index >= 15 is 0 Å². The molecule has 11 rings (SSSR count). The second-order valence-corrected chi connectivity index (χ2v) is 16.0. The van der Waals surface area contributed by atoms with Crippen molar-refractivity contribution in [2.75, 3.05) is 0 Å². The molecular weight excluding hydrogens is 719 g/mol. The fraction of sp³-hybridized carbons (Fsp3) is 0. The van der Waals surface area contributed by atoms with Crippen LogP contribution in [-0.4, -0.2) is 15.0 Å². The minimum Gasteiger partial charge on any atom is -0.208 e. The van der Waals surface area contributed by atoms with Crippen LogP contribution in [0.2, 0.25) is 0 Å². The van der Waals surface area contributed by atoms with Crippen molar-refractivity contribution < 1.29 is 0 Å². The molecule has 8 aromatic carbocycles. The zero-order chi connectivity index (χ0) is 37.0. The van der Waals surface area contributed by atoms with Crippen molar-refractivity contribution in [1.29, 1.82) is 0 Å². The summed E-state index contributed by atoms with van der Waals surface area (Å²) < 4.78 is 5.04. The summed E-state index contributed by atoms with van der Waals surface area (Å²) in [6.07, 6.45) is 0. The number of fused-ring (bicyclic) bond motifs is 6. The van der Waals surface area contributed by atoms with Gasteiger partial charge in [-0.05, 0) is 58.1 Å². The van der Waals surface area contributed by atoms with Gasteiger partial charge in [0.2, 0.25) is 0 Å². The lowest BCUT2D eigenvalue weighted by molar-refractivity contribution is 1.08. The van der Waals surface area contributed by atoms with Crippen LogP contribution >= 0.6 is 22.7 Å². The highest BCUT2D eigenvalue weighted by Gasteiger charge is 2.20. The minimum atomic E-state index is 0.648. The summed E-state index contributed by atoms with van der Waals surface area (Å²) in [5.41, 5.74) is 10.1. The van der Waals surface area contributed by atoms with Gasteiger partial charge in [0.1, 0.15) is 0 Å². The first-order valence-corrected chi connectivity index (χ1v) is 20.3. The van der Waals surface area contributed by atoms with E-state index in [-0.39, 0.29) is 0 Å². The number of rotatable bonds is 6. The van der Waals surface area contributed by atoms with Gasteiger partial charge < -0.3 is 0 Å². The zero-order valence-corrected chi connectivity index (χ0v) is 31.7. The number of hydrogen-bond acceptors (Lipinski definition) is 5. The molecule has 262 valence electrons. The molecule has 11 aromatic rings. The summed E-state index contributed by atoms with van der Waals surface area (Å²) in [5, 5.41) is 5.02. The molecule has 0 spiro atoms. The summed E-state index contributed by atoms with van der Waals surface area (Å²) in [6.45, 7) is 0. The van der Waals surface area contributed by atoms with Crippen LogP contribution in [0.1, 0.15) is 0 Å². The van der Waals surface area contributed by atoms with E-state index in [1.807, 2.05) is 46.9 Å².